The molecule has 60 valence electrons. The van der Waals surface area contributed by atoms with Gasteiger partial charge in [0, 0.05) is 4.90 Å². The zero-order valence-electron chi connectivity index (χ0n) is 6.32. The van der Waals surface area contributed by atoms with Gasteiger partial charge in [-0.1, -0.05) is 11.6 Å². The number of rotatable bonds is 1. The van der Waals surface area contributed by atoms with Crippen LogP contribution < -0.4 is 0 Å². The highest BCUT2D eigenvalue weighted by atomic mass is 35.5. The predicted octanol–water partition coefficient (Wildman–Crippen LogP) is 3.51. The molecule has 0 bridgehead atoms. The van der Waals surface area contributed by atoms with Crippen molar-refractivity contribution in [3.8, 4) is 0 Å². The highest BCUT2D eigenvalue weighted by Crippen LogP contribution is 2.27. The van der Waals surface area contributed by atoms with Crippen molar-refractivity contribution in [2.75, 3.05) is 6.26 Å². The average molecular weight is 191 g/mol. The van der Waals surface area contributed by atoms with E-state index < -0.39 is 0 Å². The van der Waals surface area contributed by atoms with E-state index in [9.17, 15) is 4.39 Å². The second-order valence-electron chi connectivity index (χ2n) is 2.24. The lowest BCUT2D eigenvalue weighted by Gasteiger charge is -2.02. The monoisotopic (exact) mass is 190 g/mol. The molecule has 0 unspecified atom stereocenters. The Bertz CT molecular complexity index is 273. The minimum Gasteiger partial charge on any atom is -0.207 e. The van der Waals surface area contributed by atoms with E-state index in [1.165, 1.54) is 17.8 Å². The van der Waals surface area contributed by atoms with Crippen LogP contribution in [-0.2, 0) is 0 Å². The van der Waals surface area contributed by atoms with Gasteiger partial charge in [-0.2, -0.15) is 0 Å². The molecule has 0 atom stereocenters. The molecule has 0 radical (unpaired) electrons. The van der Waals surface area contributed by atoms with Crippen LogP contribution in [0.1, 0.15) is 5.56 Å². The van der Waals surface area contributed by atoms with Gasteiger partial charge in [-0.05, 0) is 30.9 Å². The first-order chi connectivity index (χ1) is 5.15. The molecule has 0 heterocycles. The molecule has 0 saturated heterocycles. The third-order valence-electron chi connectivity index (χ3n) is 1.43. The summed E-state index contributed by atoms with van der Waals surface area (Å²) in [6.07, 6.45) is 1.92. The maximum absolute atomic E-state index is 12.8. The molecule has 0 nitrogen and oxygen atoms in total. The van der Waals surface area contributed by atoms with Gasteiger partial charge in [0.2, 0.25) is 0 Å². The fourth-order valence-electron chi connectivity index (χ4n) is 0.787. The highest BCUT2D eigenvalue weighted by molar-refractivity contribution is 7.98. The number of aryl methyl sites for hydroxylation is 1. The minimum atomic E-state index is -0.243. The van der Waals surface area contributed by atoms with Crippen molar-refractivity contribution < 1.29 is 4.39 Å². The van der Waals surface area contributed by atoms with Crippen LogP contribution in [0.25, 0.3) is 0 Å². The second kappa shape index (κ2) is 3.46. The molecule has 3 heteroatoms. The summed E-state index contributed by atoms with van der Waals surface area (Å²) in [6, 6.07) is 3.10. The van der Waals surface area contributed by atoms with Crippen LogP contribution in [0.15, 0.2) is 17.0 Å². The molecule has 0 spiro atoms. The van der Waals surface area contributed by atoms with Gasteiger partial charge in [0.15, 0.2) is 0 Å². The van der Waals surface area contributed by atoms with Gasteiger partial charge in [0.05, 0.1) is 5.02 Å². The number of hydrogen-bond donors (Lipinski definition) is 0. The van der Waals surface area contributed by atoms with Crippen LogP contribution in [0.4, 0.5) is 4.39 Å². The Morgan fingerprint density at radius 2 is 2.09 bits per heavy atom. The molecular formula is C8H8ClFS. The zero-order valence-corrected chi connectivity index (χ0v) is 7.89. The number of hydrogen-bond acceptors (Lipinski definition) is 1. The van der Waals surface area contributed by atoms with Crippen molar-refractivity contribution in [2.24, 2.45) is 0 Å². The van der Waals surface area contributed by atoms with Gasteiger partial charge >= 0.3 is 0 Å². The average Bonchev–Trinajstić information content (AvgIpc) is 1.97. The normalized spacial score (nSPS) is 10.2. The summed E-state index contributed by atoms with van der Waals surface area (Å²) < 4.78 is 12.8. The summed E-state index contributed by atoms with van der Waals surface area (Å²) in [4.78, 5) is 0.922. The van der Waals surface area contributed by atoms with Crippen LogP contribution in [0.5, 0.6) is 0 Å². The first kappa shape index (κ1) is 8.88. The van der Waals surface area contributed by atoms with E-state index in [1.807, 2.05) is 6.26 Å². The summed E-state index contributed by atoms with van der Waals surface area (Å²) in [7, 11) is 0. The molecule has 1 rings (SSSR count). The summed E-state index contributed by atoms with van der Waals surface area (Å²) in [5.74, 6) is -0.243. The van der Waals surface area contributed by atoms with Gasteiger partial charge in [-0.15, -0.1) is 11.8 Å². The Morgan fingerprint density at radius 3 is 2.64 bits per heavy atom. The Morgan fingerprint density at radius 1 is 1.45 bits per heavy atom. The van der Waals surface area contributed by atoms with Crippen LogP contribution in [0, 0.1) is 12.7 Å². The zero-order chi connectivity index (χ0) is 8.43. The Balaban J connectivity index is 3.21. The lowest BCUT2D eigenvalue weighted by atomic mass is 10.2. The van der Waals surface area contributed by atoms with E-state index in [2.05, 4.69) is 0 Å². The molecule has 0 N–H and O–H groups in total. The fraction of sp³-hybridized carbons (Fsp3) is 0.250. The summed E-state index contributed by atoms with van der Waals surface area (Å²) >= 11 is 7.26. The Kier molecular flexibility index (Phi) is 2.79. The smallest absolute Gasteiger partial charge is 0.127 e. The molecule has 0 saturated carbocycles. The van der Waals surface area contributed by atoms with E-state index in [0.717, 1.165) is 4.90 Å². The van der Waals surface area contributed by atoms with Crippen LogP contribution >= 0.6 is 23.4 Å². The van der Waals surface area contributed by atoms with Crippen LogP contribution in [0.3, 0.4) is 0 Å². The molecule has 11 heavy (non-hydrogen) atoms. The molecule has 0 aromatic heterocycles. The maximum Gasteiger partial charge on any atom is 0.127 e. The highest BCUT2D eigenvalue weighted by Gasteiger charge is 2.03. The third-order valence-corrected chi connectivity index (χ3v) is 2.64. The summed E-state index contributed by atoms with van der Waals surface area (Å²) in [5.41, 5.74) is 0.638. The van der Waals surface area contributed by atoms with Gasteiger partial charge < -0.3 is 0 Å². The third kappa shape index (κ3) is 1.88. The minimum absolute atomic E-state index is 0.243. The van der Waals surface area contributed by atoms with E-state index in [-0.39, 0.29) is 5.82 Å². The van der Waals surface area contributed by atoms with E-state index in [4.69, 9.17) is 11.6 Å². The largest absolute Gasteiger partial charge is 0.207 e. The maximum atomic E-state index is 12.8. The molecule has 1 aromatic carbocycles. The van der Waals surface area contributed by atoms with Crippen molar-refractivity contribution in [3.05, 3.63) is 28.5 Å². The number of benzene rings is 1. The predicted molar refractivity (Wildman–Crippen MR) is 47.9 cm³/mol. The molecule has 1 aromatic rings. The molecule has 0 aliphatic carbocycles. The SMILES string of the molecule is CSc1cc(C)c(F)cc1Cl. The van der Waals surface area contributed by atoms with Gasteiger partial charge in [0.25, 0.3) is 0 Å². The van der Waals surface area contributed by atoms with Gasteiger partial charge in [0.1, 0.15) is 5.82 Å². The molecule has 0 fully saturated rings. The Labute approximate surface area is 74.8 Å². The van der Waals surface area contributed by atoms with Crippen LogP contribution in [-0.4, -0.2) is 6.26 Å². The fourth-order valence-corrected chi connectivity index (χ4v) is 1.72. The van der Waals surface area contributed by atoms with Crippen molar-refractivity contribution in [1.82, 2.24) is 0 Å². The van der Waals surface area contributed by atoms with Crippen molar-refractivity contribution >= 4 is 23.4 Å². The van der Waals surface area contributed by atoms with E-state index in [0.29, 0.717) is 10.6 Å². The van der Waals surface area contributed by atoms with Crippen LogP contribution in [0.2, 0.25) is 5.02 Å². The quantitative estimate of drug-likeness (QED) is 0.611. The topological polar surface area (TPSA) is 0 Å². The number of thioether (sulfide) groups is 1. The summed E-state index contributed by atoms with van der Waals surface area (Å²) in [5, 5.41) is 0.487. The summed E-state index contributed by atoms with van der Waals surface area (Å²) in [6.45, 7) is 1.73. The lowest BCUT2D eigenvalue weighted by Crippen LogP contribution is -1.83. The van der Waals surface area contributed by atoms with E-state index in [1.54, 1.807) is 13.0 Å². The van der Waals surface area contributed by atoms with Gasteiger partial charge in [-0.25, -0.2) is 4.39 Å². The standard InChI is InChI=1S/C8H8ClFS/c1-5-3-8(11-2)6(9)4-7(5)10/h3-4H,1-2H3. The lowest BCUT2D eigenvalue weighted by molar-refractivity contribution is 0.617. The van der Waals surface area contributed by atoms with Gasteiger partial charge in [-0.3, -0.25) is 0 Å². The van der Waals surface area contributed by atoms with E-state index >= 15 is 0 Å². The Hall–Kier alpha value is -0.210. The molecule has 0 amide bonds. The number of halogens is 2. The second-order valence-corrected chi connectivity index (χ2v) is 3.49. The van der Waals surface area contributed by atoms with Crippen molar-refractivity contribution in [3.63, 3.8) is 0 Å². The van der Waals surface area contributed by atoms with Crippen molar-refractivity contribution in [2.45, 2.75) is 11.8 Å². The molecule has 0 aliphatic heterocycles. The first-order valence-electron chi connectivity index (χ1n) is 3.15. The first-order valence-corrected chi connectivity index (χ1v) is 4.75. The molecule has 0 aliphatic rings. The van der Waals surface area contributed by atoms with Crippen molar-refractivity contribution in [1.29, 1.82) is 0 Å². The molecular weight excluding hydrogens is 183 g/mol.